The van der Waals surface area contributed by atoms with Gasteiger partial charge in [-0.1, -0.05) is 11.3 Å². The molecule has 0 spiro atoms. The molecule has 0 aliphatic heterocycles. The molecule has 5 nitrogen and oxygen atoms in total. The Balaban J connectivity index is 2.94. The molecule has 0 aromatic carbocycles. The zero-order valence-electron chi connectivity index (χ0n) is 10.2. The van der Waals surface area contributed by atoms with Crippen molar-refractivity contribution in [3.63, 3.8) is 0 Å². The Morgan fingerprint density at radius 3 is 2.70 bits per heavy atom. The van der Waals surface area contributed by atoms with Crippen LogP contribution in [-0.2, 0) is 14.6 Å². The summed E-state index contributed by atoms with van der Waals surface area (Å²) in [7, 11) is -3.81. The minimum absolute atomic E-state index is 0.130. The normalized spacial score (nSPS) is 11.2. The average molecular weight is 390 g/mol. The van der Waals surface area contributed by atoms with E-state index in [9.17, 15) is 22.0 Å². The molecule has 0 unspecified atom stereocenters. The molecule has 1 heterocycles. The Hall–Kier alpha value is -0.870. The third-order valence-electron chi connectivity index (χ3n) is 1.99. The maximum atomic E-state index is 11.9. The van der Waals surface area contributed by atoms with Crippen molar-refractivity contribution in [1.82, 2.24) is 4.98 Å². The molecule has 0 saturated heterocycles. The van der Waals surface area contributed by atoms with Gasteiger partial charge in [0.2, 0.25) is 14.2 Å². The third-order valence-corrected chi connectivity index (χ3v) is 5.89. The van der Waals surface area contributed by atoms with Crippen molar-refractivity contribution in [3.05, 3.63) is 21.6 Å². The maximum absolute atomic E-state index is 11.9. The number of esters is 1. The van der Waals surface area contributed by atoms with E-state index in [1.165, 1.54) is 0 Å². The molecule has 0 saturated carbocycles. The van der Waals surface area contributed by atoms with Crippen molar-refractivity contribution >= 4 is 43.1 Å². The Kier molecular flexibility index (Phi) is 6.21. The first-order valence-corrected chi connectivity index (χ1v) is 8.61. The number of ether oxygens (including phenoxy) is 1. The van der Waals surface area contributed by atoms with Crippen molar-refractivity contribution in [2.75, 3.05) is 12.4 Å². The predicted molar refractivity (Wildman–Crippen MR) is 72.7 cm³/mol. The van der Waals surface area contributed by atoms with Crippen LogP contribution in [0.4, 0.5) is 8.78 Å². The number of nitrogens with zero attached hydrogens (tertiary/aromatic N) is 1. The van der Waals surface area contributed by atoms with Crippen molar-refractivity contribution < 1.29 is 26.7 Å². The Morgan fingerprint density at radius 1 is 1.50 bits per heavy atom. The summed E-state index contributed by atoms with van der Waals surface area (Å²) in [5, 5.41) is 0. The summed E-state index contributed by atoms with van der Waals surface area (Å²) in [4.78, 5) is 15.2. The lowest BCUT2D eigenvalue weighted by Gasteiger charge is -1.98. The van der Waals surface area contributed by atoms with Crippen LogP contribution in [0.5, 0.6) is 0 Å². The van der Waals surface area contributed by atoms with Crippen LogP contribution < -0.4 is 0 Å². The average Bonchev–Trinajstić information content (AvgIpc) is 2.71. The van der Waals surface area contributed by atoms with E-state index in [1.54, 1.807) is 6.92 Å². The quantitative estimate of drug-likeness (QED) is 0.699. The summed E-state index contributed by atoms with van der Waals surface area (Å²) in [5.74, 6) is -1.25. The van der Waals surface area contributed by atoms with E-state index in [1.807, 2.05) is 0 Å². The fourth-order valence-corrected chi connectivity index (χ4v) is 4.54. The van der Waals surface area contributed by atoms with Crippen LogP contribution in [0.2, 0.25) is 0 Å². The van der Waals surface area contributed by atoms with Gasteiger partial charge in [0.1, 0.15) is 3.79 Å². The Morgan fingerprint density at radius 2 is 2.15 bits per heavy atom. The second-order valence-corrected chi connectivity index (χ2v) is 8.02. The fourth-order valence-electron chi connectivity index (χ4n) is 1.15. The second-order valence-electron chi connectivity index (χ2n) is 3.42. The number of aromatic nitrogens is 1. The van der Waals surface area contributed by atoms with Crippen molar-refractivity contribution in [1.29, 1.82) is 0 Å². The van der Waals surface area contributed by atoms with Gasteiger partial charge in [-0.3, -0.25) is 0 Å². The lowest BCUT2D eigenvalue weighted by atomic mass is 10.5. The number of rotatable bonds is 6. The number of allylic oxidation sites excluding steroid dienone is 1. The molecular formula is C10H10BrF2NO4S2. The molecule has 1 aromatic rings. The van der Waals surface area contributed by atoms with Gasteiger partial charge in [-0.2, -0.15) is 8.78 Å². The fraction of sp³-hybridized carbons (Fsp3) is 0.400. The van der Waals surface area contributed by atoms with Crippen molar-refractivity contribution in [2.45, 2.75) is 17.7 Å². The topological polar surface area (TPSA) is 73.3 Å². The molecule has 1 aromatic heterocycles. The zero-order valence-corrected chi connectivity index (χ0v) is 13.4. The van der Waals surface area contributed by atoms with E-state index in [2.05, 4.69) is 20.9 Å². The first kappa shape index (κ1) is 17.2. The molecule has 20 heavy (non-hydrogen) atoms. The van der Waals surface area contributed by atoms with Crippen LogP contribution in [0.25, 0.3) is 0 Å². The summed E-state index contributed by atoms with van der Waals surface area (Å²) in [6, 6.07) is 0. The standard InChI is InChI=1S/C10H10BrF2NO4S2/c1-2-18-9(15)7-8(11)19-10(14-7)20(16,17)5-3-4-6(12)13/h4H,2-3,5H2,1H3. The minimum atomic E-state index is -3.81. The number of carbonyl (C=O) groups is 1. The third kappa shape index (κ3) is 4.60. The second kappa shape index (κ2) is 7.23. The van der Waals surface area contributed by atoms with Crippen LogP contribution in [0, 0.1) is 0 Å². The molecular weight excluding hydrogens is 380 g/mol. The Labute approximate surface area is 126 Å². The molecule has 10 heteroatoms. The summed E-state index contributed by atoms with van der Waals surface area (Å²) < 4.78 is 52.1. The number of thiazole rings is 1. The van der Waals surface area contributed by atoms with Gasteiger partial charge in [-0.05, 0) is 35.4 Å². The van der Waals surface area contributed by atoms with E-state index in [-0.39, 0.29) is 26.8 Å². The highest BCUT2D eigenvalue weighted by Crippen LogP contribution is 2.29. The van der Waals surface area contributed by atoms with Crippen LogP contribution in [0.3, 0.4) is 0 Å². The van der Waals surface area contributed by atoms with Gasteiger partial charge in [0.05, 0.1) is 12.4 Å². The lowest BCUT2D eigenvalue weighted by molar-refractivity contribution is 0.0519. The number of carbonyl (C=O) groups excluding carboxylic acids is 1. The van der Waals surface area contributed by atoms with E-state index >= 15 is 0 Å². The lowest BCUT2D eigenvalue weighted by Crippen LogP contribution is -2.09. The first-order chi connectivity index (χ1) is 9.27. The molecule has 0 fully saturated rings. The largest absolute Gasteiger partial charge is 0.461 e. The van der Waals surface area contributed by atoms with Gasteiger partial charge in [0, 0.05) is 0 Å². The zero-order chi connectivity index (χ0) is 15.3. The number of sulfone groups is 1. The predicted octanol–water partition coefficient (Wildman–Crippen LogP) is 3.03. The van der Waals surface area contributed by atoms with E-state index in [0.29, 0.717) is 6.08 Å². The summed E-state index contributed by atoms with van der Waals surface area (Å²) in [5.41, 5.74) is -0.136. The van der Waals surface area contributed by atoms with Gasteiger partial charge in [-0.15, -0.1) is 0 Å². The molecule has 0 radical (unpaired) electrons. The van der Waals surface area contributed by atoms with E-state index in [4.69, 9.17) is 4.74 Å². The van der Waals surface area contributed by atoms with Gasteiger partial charge >= 0.3 is 5.97 Å². The highest BCUT2D eigenvalue weighted by atomic mass is 79.9. The molecule has 0 aliphatic rings. The highest BCUT2D eigenvalue weighted by molar-refractivity contribution is 9.11. The highest BCUT2D eigenvalue weighted by Gasteiger charge is 2.25. The van der Waals surface area contributed by atoms with Gasteiger partial charge in [0.25, 0.3) is 6.08 Å². The molecule has 0 bridgehead atoms. The van der Waals surface area contributed by atoms with Crippen molar-refractivity contribution in [2.24, 2.45) is 0 Å². The van der Waals surface area contributed by atoms with Crippen LogP contribution in [-0.4, -0.2) is 31.7 Å². The molecule has 0 aliphatic carbocycles. The van der Waals surface area contributed by atoms with E-state index < -0.39 is 27.6 Å². The van der Waals surface area contributed by atoms with Gasteiger partial charge < -0.3 is 4.74 Å². The SMILES string of the molecule is CCOC(=O)c1nc(S(=O)(=O)CCC=C(F)F)sc1Br. The first-order valence-electron chi connectivity index (χ1n) is 5.35. The summed E-state index contributed by atoms with van der Waals surface area (Å²) in [6.45, 7) is 1.74. The van der Waals surface area contributed by atoms with E-state index in [0.717, 1.165) is 11.3 Å². The Bertz CT molecular complexity index is 623. The molecule has 112 valence electrons. The van der Waals surface area contributed by atoms with Crippen LogP contribution in [0.15, 0.2) is 20.3 Å². The summed E-state index contributed by atoms with van der Waals surface area (Å²) in [6.07, 6.45) is -1.74. The van der Waals surface area contributed by atoms with Crippen LogP contribution >= 0.6 is 27.3 Å². The van der Waals surface area contributed by atoms with Gasteiger partial charge in [-0.25, -0.2) is 18.2 Å². The minimum Gasteiger partial charge on any atom is -0.461 e. The van der Waals surface area contributed by atoms with Crippen molar-refractivity contribution in [3.8, 4) is 0 Å². The molecule has 1 rings (SSSR count). The number of hydrogen-bond acceptors (Lipinski definition) is 6. The number of hydrogen-bond donors (Lipinski definition) is 0. The smallest absolute Gasteiger partial charge is 0.359 e. The van der Waals surface area contributed by atoms with Crippen LogP contribution in [0.1, 0.15) is 23.8 Å². The molecule has 0 amide bonds. The number of halogens is 3. The summed E-state index contributed by atoms with van der Waals surface area (Å²) >= 11 is 3.77. The molecule has 0 N–H and O–H groups in total. The molecule has 0 atom stereocenters. The maximum Gasteiger partial charge on any atom is 0.359 e. The van der Waals surface area contributed by atoms with Gasteiger partial charge in [0.15, 0.2) is 5.69 Å². The monoisotopic (exact) mass is 389 g/mol.